The summed E-state index contributed by atoms with van der Waals surface area (Å²) in [5.74, 6) is -0.326. The lowest BCUT2D eigenvalue weighted by molar-refractivity contribution is 0.102. The molecule has 1 unspecified atom stereocenters. The number of benzene rings is 1. The molecule has 1 aromatic carbocycles. The van der Waals surface area contributed by atoms with Gasteiger partial charge in [-0.3, -0.25) is 9.48 Å². The molecule has 154 valence electrons. The third-order valence-electron chi connectivity index (χ3n) is 4.30. The van der Waals surface area contributed by atoms with E-state index < -0.39 is 10.0 Å². The van der Waals surface area contributed by atoms with Crippen LogP contribution in [0.25, 0.3) is 0 Å². The molecule has 1 fully saturated rings. The fraction of sp³-hybridized carbons (Fsp3) is 0.444. The Hall–Kier alpha value is -1.94. The Labute approximate surface area is 171 Å². The molecule has 2 heterocycles. The van der Waals surface area contributed by atoms with Gasteiger partial charge in [-0.1, -0.05) is 0 Å². The molecule has 1 aliphatic rings. The summed E-state index contributed by atoms with van der Waals surface area (Å²) in [6.07, 6.45) is 3.95. The zero-order valence-corrected chi connectivity index (χ0v) is 17.5. The molecule has 8 nitrogen and oxygen atoms in total. The monoisotopic (exact) mass is 427 g/mol. The van der Waals surface area contributed by atoms with Crippen molar-refractivity contribution < 1.29 is 13.2 Å². The Bertz CT molecular complexity index is 890. The highest BCUT2D eigenvalue weighted by Gasteiger charge is 2.18. The number of nitrogens with one attached hydrogen (secondary N) is 3. The van der Waals surface area contributed by atoms with Gasteiger partial charge in [0.1, 0.15) is 0 Å². The van der Waals surface area contributed by atoms with Gasteiger partial charge >= 0.3 is 0 Å². The average Bonchev–Trinajstić information content (AvgIpc) is 3.12. The van der Waals surface area contributed by atoms with Crippen LogP contribution >= 0.6 is 12.4 Å². The second kappa shape index (κ2) is 9.51. The van der Waals surface area contributed by atoms with Gasteiger partial charge < -0.3 is 10.6 Å². The van der Waals surface area contributed by atoms with E-state index in [1.807, 2.05) is 10.9 Å². The quantitative estimate of drug-likeness (QED) is 0.655. The number of nitrogens with zero attached hydrogens (tertiary/aromatic N) is 2. The molecule has 0 aliphatic carbocycles. The molecule has 0 saturated carbocycles. The van der Waals surface area contributed by atoms with Gasteiger partial charge in [0.25, 0.3) is 5.91 Å². The van der Waals surface area contributed by atoms with Crippen molar-refractivity contribution >= 4 is 34.0 Å². The van der Waals surface area contributed by atoms with E-state index in [0.29, 0.717) is 11.4 Å². The predicted octanol–water partition coefficient (Wildman–Crippen LogP) is 2.17. The molecule has 0 spiro atoms. The van der Waals surface area contributed by atoms with E-state index in [-0.39, 0.29) is 35.3 Å². The fourth-order valence-electron chi connectivity index (χ4n) is 3.01. The largest absolute Gasteiger partial charge is 0.321 e. The standard InChI is InChI=1S/C18H25N5O3S.ClH/c1-13(2)22-27(25,26)16-7-5-14(6-8-16)20-18(24)17-9-11-23(21-17)15-4-3-10-19-12-15;/h5-9,11,13,15,19,22H,3-4,10,12H2,1-2H3,(H,20,24);1H. The van der Waals surface area contributed by atoms with Crippen LogP contribution in [0, 0.1) is 0 Å². The number of aromatic nitrogens is 2. The summed E-state index contributed by atoms with van der Waals surface area (Å²) in [6, 6.07) is 7.82. The number of carbonyl (C=O) groups is 1. The minimum absolute atomic E-state index is 0. The molecule has 28 heavy (non-hydrogen) atoms. The SMILES string of the molecule is CC(C)NS(=O)(=O)c1ccc(NC(=O)c2ccn(C3CCCNC3)n2)cc1.Cl. The van der Waals surface area contributed by atoms with Crippen molar-refractivity contribution in [2.24, 2.45) is 0 Å². The highest BCUT2D eigenvalue weighted by Crippen LogP contribution is 2.17. The summed E-state index contributed by atoms with van der Waals surface area (Å²) in [4.78, 5) is 12.6. The van der Waals surface area contributed by atoms with Crippen LogP contribution in [0.4, 0.5) is 5.69 Å². The zero-order valence-electron chi connectivity index (χ0n) is 15.9. The topological polar surface area (TPSA) is 105 Å². The molecule has 1 aromatic heterocycles. The van der Waals surface area contributed by atoms with Gasteiger partial charge in [-0.05, 0) is 63.6 Å². The van der Waals surface area contributed by atoms with Gasteiger partial charge in [0, 0.05) is 24.5 Å². The van der Waals surface area contributed by atoms with Crippen LogP contribution in [0.3, 0.4) is 0 Å². The predicted molar refractivity (Wildman–Crippen MR) is 110 cm³/mol. The van der Waals surface area contributed by atoms with Crippen molar-refractivity contribution in [3.8, 4) is 0 Å². The summed E-state index contributed by atoms with van der Waals surface area (Å²) >= 11 is 0. The third kappa shape index (κ3) is 5.54. The Morgan fingerprint density at radius 1 is 1.25 bits per heavy atom. The fourth-order valence-corrected chi connectivity index (χ4v) is 4.26. The molecular formula is C18H26ClN5O3S. The number of carbonyl (C=O) groups excluding carboxylic acids is 1. The zero-order chi connectivity index (χ0) is 19.4. The van der Waals surface area contributed by atoms with Gasteiger partial charge in [-0.15, -0.1) is 12.4 Å². The molecule has 10 heteroatoms. The first-order chi connectivity index (χ1) is 12.8. The molecule has 1 atom stereocenters. The molecule has 1 aliphatic heterocycles. The maximum atomic E-state index is 12.4. The lowest BCUT2D eigenvalue weighted by Gasteiger charge is -2.22. The van der Waals surface area contributed by atoms with Crippen LogP contribution < -0.4 is 15.4 Å². The van der Waals surface area contributed by atoms with Crippen LogP contribution in [-0.4, -0.2) is 43.2 Å². The molecule has 1 amide bonds. The third-order valence-corrected chi connectivity index (χ3v) is 5.97. The van der Waals surface area contributed by atoms with Crippen molar-refractivity contribution in [3.05, 3.63) is 42.2 Å². The summed E-state index contributed by atoms with van der Waals surface area (Å²) in [5, 5.41) is 10.5. The Morgan fingerprint density at radius 2 is 1.96 bits per heavy atom. The first-order valence-corrected chi connectivity index (χ1v) is 10.5. The lowest BCUT2D eigenvalue weighted by atomic mass is 10.1. The average molecular weight is 428 g/mol. The number of hydrogen-bond donors (Lipinski definition) is 3. The number of rotatable bonds is 6. The maximum Gasteiger partial charge on any atom is 0.276 e. The van der Waals surface area contributed by atoms with Gasteiger partial charge in [-0.25, -0.2) is 13.1 Å². The Balaban J connectivity index is 0.00000280. The first-order valence-electron chi connectivity index (χ1n) is 9.05. The number of sulfonamides is 1. The smallest absolute Gasteiger partial charge is 0.276 e. The van der Waals surface area contributed by atoms with E-state index in [4.69, 9.17) is 0 Å². The van der Waals surface area contributed by atoms with E-state index in [9.17, 15) is 13.2 Å². The van der Waals surface area contributed by atoms with Crippen molar-refractivity contribution in [3.63, 3.8) is 0 Å². The maximum absolute atomic E-state index is 12.4. The number of amides is 1. The summed E-state index contributed by atoms with van der Waals surface area (Å²) in [6.45, 7) is 5.38. The molecule has 3 rings (SSSR count). The van der Waals surface area contributed by atoms with E-state index in [1.54, 1.807) is 32.0 Å². The second-order valence-electron chi connectivity index (χ2n) is 6.94. The molecule has 1 saturated heterocycles. The van der Waals surface area contributed by atoms with E-state index >= 15 is 0 Å². The lowest BCUT2D eigenvalue weighted by Crippen LogP contribution is -2.32. The Kier molecular flexibility index (Phi) is 7.59. The minimum Gasteiger partial charge on any atom is -0.321 e. The van der Waals surface area contributed by atoms with Crippen molar-refractivity contribution in [2.75, 3.05) is 18.4 Å². The first kappa shape index (κ1) is 22.4. The van der Waals surface area contributed by atoms with Crippen LogP contribution in [0.15, 0.2) is 41.4 Å². The van der Waals surface area contributed by atoms with Gasteiger partial charge in [-0.2, -0.15) is 5.10 Å². The number of hydrogen-bond acceptors (Lipinski definition) is 5. The normalized spacial score (nSPS) is 17.2. The Morgan fingerprint density at radius 3 is 2.57 bits per heavy atom. The second-order valence-corrected chi connectivity index (χ2v) is 8.65. The van der Waals surface area contributed by atoms with Gasteiger partial charge in [0.2, 0.25) is 10.0 Å². The van der Waals surface area contributed by atoms with Crippen molar-refractivity contribution in [1.29, 1.82) is 0 Å². The molecule has 3 N–H and O–H groups in total. The highest BCUT2D eigenvalue weighted by molar-refractivity contribution is 7.89. The van der Waals surface area contributed by atoms with Gasteiger partial charge in [0.05, 0.1) is 10.9 Å². The molecular weight excluding hydrogens is 402 g/mol. The number of piperidine rings is 1. The molecule has 2 aromatic rings. The van der Waals surface area contributed by atoms with Crippen molar-refractivity contribution in [1.82, 2.24) is 19.8 Å². The van der Waals surface area contributed by atoms with Crippen LogP contribution in [0.1, 0.15) is 43.2 Å². The minimum atomic E-state index is -3.55. The van der Waals surface area contributed by atoms with Gasteiger partial charge in [0.15, 0.2) is 5.69 Å². The number of anilines is 1. The molecule has 0 bridgehead atoms. The van der Waals surface area contributed by atoms with Crippen molar-refractivity contribution in [2.45, 2.75) is 43.7 Å². The van der Waals surface area contributed by atoms with E-state index in [2.05, 4.69) is 20.5 Å². The van der Waals surface area contributed by atoms with Crippen LogP contribution in [0.5, 0.6) is 0 Å². The summed E-state index contributed by atoms with van der Waals surface area (Å²) < 4.78 is 28.6. The van der Waals surface area contributed by atoms with E-state index in [1.165, 1.54) is 12.1 Å². The molecule has 0 radical (unpaired) electrons. The summed E-state index contributed by atoms with van der Waals surface area (Å²) in [7, 11) is -3.55. The van der Waals surface area contributed by atoms with E-state index in [0.717, 1.165) is 25.9 Å². The van der Waals surface area contributed by atoms with Crippen LogP contribution in [0.2, 0.25) is 0 Å². The summed E-state index contributed by atoms with van der Waals surface area (Å²) in [5.41, 5.74) is 0.844. The highest BCUT2D eigenvalue weighted by atomic mass is 35.5. The number of halogens is 1. The van der Waals surface area contributed by atoms with Crippen LogP contribution in [-0.2, 0) is 10.0 Å².